The number of rotatable bonds is 3. The molecule has 2 N–H and O–H groups in total. The Kier molecular flexibility index (Phi) is 5.14. The fraction of sp³-hybridized carbons (Fsp3) is 0.462. The fourth-order valence-corrected chi connectivity index (χ4v) is 1.71. The molecule has 4 nitrogen and oxygen atoms in total. The number of hydrogen-bond donors (Lipinski definition) is 2. The van der Waals surface area contributed by atoms with Crippen molar-refractivity contribution in [1.29, 1.82) is 0 Å². The Balaban J connectivity index is 2.61. The number of aliphatic hydroxyl groups excluding tert-OH is 1. The standard InChI is InChI=1S/C13H17ClFNO3/c1-13(2,3)19-12(18)16-7-10(17)11-8(14)5-4-6-9(11)15/h4-6,10,17H,7H2,1-3H3,(H,16,18). The summed E-state index contributed by atoms with van der Waals surface area (Å²) >= 11 is 5.80. The van der Waals surface area contributed by atoms with E-state index in [4.69, 9.17) is 16.3 Å². The van der Waals surface area contributed by atoms with Crippen molar-refractivity contribution in [3.63, 3.8) is 0 Å². The van der Waals surface area contributed by atoms with Gasteiger partial charge in [-0.3, -0.25) is 0 Å². The summed E-state index contributed by atoms with van der Waals surface area (Å²) in [6, 6.07) is 4.10. The molecule has 1 amide bonds. The van der Waals surface area contributed by atoms with Crippen molar-refractivity contribution in [2.45, 2.75) is 32.5 Å². The van der Waals surface area contributed by atoms with Crippen molar-refractivity contribution in [1.82, 2.24) is 5.32 Å². The second kappa shape index (κ2) is 6.21. The van der Waals surface area contributed by atoms with Crippen molar-refractivity contribution in [3.8, 4) is 0 Å². The zero-order chi connectivity index (χ0) is 14.6. The molecule has 0 saturated carbocycles. The van der Waals surface area contributed by atoms with E-state index in [1.165, 1.54) is 18.2 Å². The van der Waals surface area contributed by atoms with Crippen LogP contribution in [0.1, 0.15) is 32.4 Å². The molecule has 0 fully saturated rings. The Morgan fingerprint density at radius 2 is 2.16 bits per heavy atom. The number of amides is 1. The minimum Gasteiger partial charge on any atom is -0.444 e. The van der Waals surface area contributed by atoms with Gasteiger partial charge in [-0.1, -0.05) is 17.7 Å². The number of aliphatic hydroxyl groups is 1. The topological polar surface area (TPSA) is 58.6 Å². The first-order valence-corrected chi connectivity index (χ1v) is 6.17. The third-order valence-corrected chi connectivity index (χ3v) is 2.50. The van der Waals surface area contributed by atoms with E-state index < -0.39 is 23.6 Å². The molecule has 1 unspecified atom stereocenters. The molecule has 0 aliphatic heterocycles. The largest absolute Gasteiger partial charge is 0.444 e. The summed E-state index contributed by atoms with van der Waals surface area (Å²) in [5.74, 6) is -0.619. The van der Waals surface area contributed by atoms with Crippen LogP contribution in [0, 0.1) is 5.82 Å². The lowest BCUT2D eigenvalue weighted by atomic mass is 10.1. The van der Waals surface area contributed by atoms with E-state index in [2.05, 4.69) is 5.32 Å². The molecule has 0 heterocycles. The third kappa shape index (κ3) is 5.04. The molecule has 1 aromatic rings. The van der Waals surface area contributed by atoms with Crippen molar-refractivity contribution in [2.24, 2.45) is 0 Å². The second-order valence-corrected chi connectivity index (χ2v) is 5.44. The maximum absolute atomic E-state index is 13.5. The highest BCUT2D eigenvalue weighted by Gasteiger charge is 2.20. The first-order chi connectivity index (χ1) is 8.70. The first kappa shape index (κ1) is 15.7. The van der Waals surface area contributed by atoms with E-state index in [1.54, 1.807) is 20.8 Å². The average molecular weight is 290 g/mol. The van der Waals surface area contributed by atoms with Crippen molar-refractivity contribution in [3.05, 3.63) is 34.6 Å². The molecule has 0 aliphatic rings. The Hall–Kier alpha value is -1.33. The van der Waals surface area contributed by atoms with Crippen molar-refractivity contribution in [2.75, 3.05) is 6.54 Å². The lowest BCUT2D eigenvalue weighted by Crippen LogP contribution is -2.35. The van der Waals surface area contributed by atoms with E-state index in [0.717, 1.165) is 0 Å². The lowest BCUT2D eigenvalue weighted by molar-refractivity contribution is 0.0490. The minimum absolute atomic E-state index is 0.0415. The Labute approximate surface area is 116 Å². The summed E-state index contributed by atoms with van der Waals surface area (Å²) in [5, 5.41) is 12.3. The average Bonchev–Trinajstić information content (AvgIpc) is 2.23. The molecule has 1 rings (SSSR count). The Morgan fingerprint density at radius 3 is 2.68 bits per heavy atom. The third-order valence-electron chi connectivity index (χ3n) is 2.17. The van der Waals surface area contributed by atoms with Crippen LogP contribution in [0.4, 0.5) is 9.18 Å². The van der Waals surface area contributed by atoms with Gasteiger partial charge in [0.2, 0.25) is 0 Å². The molecule has 6 heteroatoms. The van der Waals surface area contributed by atoms with Gasteiger partial charge in [0.15, 0.2) is 0 Å². The van der Waals surface area contributed by atoms with Gasteiger partial charge in [0.1, 0.15) is 17.5 Å². The van der Waals surface area contributed by atoms with Gasteiger partial charge in [-0.2, -0.15) is 0 Å². The van der Waals surface area contributed by atoms with Crippen molar-refractivity contribution < 1.29 is 19.0 Å². The molecular formula is C13H17ClFNO3. The van der Waals surface area contributed by atoms with Crippen LogP contribution >= 0.6 is 11.6 Å². The molecule has 106 valence electrons. The molecule has 0 aromatic heterocycles. The molecule has 1 atom stereocenters. The molecule has 0 spiro atoms. The highest BCUT2D eigenvalue weighted by molar-refractivity contribution is 6.31. The summed E-state index contributed by atoms with van der Waals surface area (Å²) in [6.07, 6.45) is -1.92. The zero-order valence-corrected chi connectivity index (χ0v) is 11.8. The maximum atomic E-state index is 13.5. The monoisotopic (exact) mass is 289 g/mol. The van der Waals surface area contributed by atoms with Crippen LogP contribution in [0.2, 0.25) is 5.02 Å². The molecule has 19 heavy (non-hydrogen) atoms. The summed E-state index contributed by atoms with van der Waals surface area (Å²) in [5.41, 5.74) is -0.676. The predicted molar refractivity (Wildman–Crippen MR) is 70.6 cm³/mol. The summed E-state index contributed by atoms with van der Waals surface area (Å²) in [4.78, 5) is 11.4. The van der Waals surface area contributed by atoms with Crippen molar-refractivity contribution >= 4 is 17.7 Å². The number of benzene rings is 1. The highest BCUT2D eigenvalue weighted by Crippen LogP contribution is 2.25. The highest BCUT2D eigenvalue weighted by atomic mass is 35.5. The first-order valence-electron chi connectivity index (χ1n) is 5.79. The van der Waals surface area contributed by atoms with Gasteiger partial charge in [-0.05, 0) is 32.9 Å². The number of alkyl carbamates (subject to hydrolysis) is 1. The van der Waals surface area contributed by atoms with Crippen LogP contribution in [-0.2, 0) is 4.74 Å². The number of nitrogens with one attached hydrogen (secondary N) is 1. The van der Waals surface area contributed by atoms with E-state index in [-0.39, 0.29) is 17.1 Å². The normalized spacial score (nSPS) is 12.9. The molecule has 0 saturated heterocycles. The molecule has 0 radical (unpaired) electrons. The quantitative estimate of drug-likeness (QED) is 0.899. The Bertz CT molecular complexity index is 439. The van der Waals surface area contributed by atoms with E-state index in [1.807, 2.05) is 0 Å². The van der Waals surface area contributed by atoms with Gasteiger partial charge in [0.05, 0.1) is 6.54 Å². The van der Waals surface area contributed by atoms with Crippen LogP contribution in [0.3, 0.4) is 0 Å². The van der Waals surface area contributed by atoms with Gasteiger partial charge in [-0.25, -0.2) is 9.18 Å². The zero-order valence-electron chi connectivity index (χ0n) is 11.0. The van der Waals surface area contributed by atoms with Gasteiger partial charge < -0.3 is 15.2 Å². The van der Waals surface area contributed by atoms with E-state index >= 15 is 0 Å². The number of hydrogen-bond acceptors (Lipinski definition) is 3. The summed E-state index contributed by atoms with van der Waals surface area (Å²) < 4.78 is 18.5. The molecule has 0 aliphatic carbocycles. The molecular weight excluding hydrogens is 273 g/mol. The smallest absolute Gasteiger partial charge is 0.407 e. The second-order valence-electron chi connectivity index (χ2n) is 5.03. The van der Waals surface area contributed by atoms with E-state index in [0.29, 0.717) is 0 Å². The van der Waals surface area contributed by atoms with Gasteiger partial charge in [0, 0.05) is 10.6 Å². The van der Waals surface area contributed by atoms with Gasteiger partial charge in [0.25, 0.3) is 0 Å². The number of ether oxygens (including phenoxy) is 1. The van der Waals surface area contributed by atoms with E-state index in [9.17, 15) is 14.3 Å². The Morgan fingerprint density at radius 1 is 1.53 bits per heavy atom. The maximum Gasteiger partial charge on any atom is 0.407 e. The van der Waals surface area contributed by atoms with Crippen LogP contribution in [-0.4, -0.2) is 23.3 Å². The van der Waals surface area contributed by atoms with Crippen LogP contribution in [0.5, 0.6) is 0 Å². The number of halogens is 2. The SMILES string of the molecule is CC(C)(C)OC(=O)NCC(O)c1c(F)cccc1Cl. The van der Waals surface area contributed by atoms with Crippen LogP contribution < -0.4 is 5.32 Å². The minimum atomic E-state index is -1.23. The van der Waals surface area contributed by atoms with Crippen LogP contribution in [0.25, 0.3) is 0 Å². The molecule has 1 aromatic carbocycles. The van der Waals surface area contributed by atoms with Crippen LogP contribution in [0.15, 0.2) is 18.2 Å². The van der Waals surface area contributed by atoms with Gasteiger partial charge >= 0.3 is 6.09 Å². The predicted octanol–water partition coefficient (Wildman–Crippen LogP) is 3.04. The fourth-order valence-electron chi connectivity index (χ4n) is 1.43. The van der Waals surface area contributed by atoms with Gasteiger partial charge in [-0.15, -0.1) is 0 Å². The summed E-state index contributed by atoms with van der Waals surface area (Å²) in [7, 11) is 0. The molecule has 0 bridgehead atoms. The lowest BCUT2D eigenvalue weighted by Gasteiger charge is -2.21. The number of carbonyl (C=O) groups excluding carboxylic acids is 1. The summed E-state index contributed by atoms with van der Waals surface area (Å²) in [6.45, 7) is 4.97. The number of carbonyl (C=O) groups is 1.